The van der Waals surface area contributed by atoms with Gasteiger partial charge >= 0.3 is 0 Å². The molecule has 0 aliphatic carbocycles. The summed E-state index contributed by atoms with van der Waals surface area (Å²) in [4.78, 5) is 63.8. The highest BCUT2D eigenvalue weighted by atomic mass is 16.2. The second kappa shape index (κ2) is 18.0. The Balaban J connectivity index is 1.43. The fourth-order valence-electron chi connectivity index (χ4n) is 5.85. The summed E-state index contributed by atoms with van der Waals surface area (Å²) in [6, 6.07) is 13.7. The number of rotatable bonds is 17. The van der Waals surface area contributed by atoms with Crippen LogP contribution in [0.25, 0.3) is 0 Å². The molecule has 3 aromatic rings. The molecule has 12 nitrogen and oxygen atoms in total. The number of nitrogens with two attached hydrogens (primary N) is 1. The van der Waals surface area contributed by atoms with E-state index in [0.29, 0.717) is 69.8 Å². The van der Waals surface area contributed by atoms with E-state index >= 15 is 0 Å². The van der Waals surface area contributed by atoms with Gasteiger partial charge in [-0.1, -0.05) is 63.9 Å². The summed E-state index contributed by atoms with van der Waals surface area (Å²) in [5.74, 6) is -0.0581. The van der Waals surface area contributed by atoms with E-state index in [1.165, 1.54) is 0 Å². The summed E-state index contributed by atoms with van der Waals surface area (Å²) in [5.41, 5.74) is 9.15. The molecule has 1 aromatic heterocycles. The van der Waals surface area contributed by atoms with Crippen molar-refractivity contribution in [2.45, 2.75) is 97.1 Å². The summed E-state index contributed by atoms with van der Waals surface area (Å²) < 4.78 is 0. The Morgan fingerprint density at radius 1 is 1.04 bits per heavy atom. The van der Waals surface area contributed by atoms with E-state index in [0.717, 1.165) is 29.7 Å². The molecule has 0 fully saturated rings. The van der Waals surface area contributed by atoms with E-state index in [1.54, 1.807) is 28.3 Å². The Morgan fingerprint density at radius 2 is 1.81 bits per heavy atom. The zero-order valence-corrected chi connectivity index (χ0v) is 28.3. The monoisotopic (exact) mass is 658 g/mol. The third kappa shape index (κ3) is 9.90. The molecule has 2 heterocycles. The normalized spacial score (nSPS) is 15.5. The van der Waals surface area contributed by atoms with Gasteiger partial charge in [-0.2, -0.15) is 0 Å². The lowest BCUT2D eigenvalue weighted by molar-refractivity contribution is -0.132. The van der Waals surface area contributed by atoms with E-state index in [2.05, 4.69) is 25.9 Å². The minimum absolute atomic E-state index is 0.0301. The number of nitrogens with one attached hydrogen (secondary N) is 4. The van der Waals surface area contributed by atoms with Gasteiger partial charge < -0.3 is 36.5 Å². The number of aromatic amines is 1. The molecule has 0 spiro atoms. The van der Waals surface area contributed by atoms with Crippen LogP contribution in [0.2, 0.25) is 0 Å². The van der Waals surface area contributed by atoms with E-state index in [1.807, 2.05) is 63.2 Å². The largest absolute Gasteiger partial charge is 0.373 e. The first-order chi connectivity index (χ1) is 23.2. The molecule has 258 valence electrons. The highest BCUT2D eigenvalue weighted by Crippen LogP contribution is 2.26. The van der Waals surface area contributed by atoms with Gasteiger partial charge in [0.1, 0.15) is 17.9 Å². The molecule has 1 aliphatic rings. The molecule has 6 N–H and O–H groups in total. The van der Waals surface area contributed by atoms with Gasteiger partial charge in [0.2, 0.25) is 17.7 Å². The van der Waals surface area contributed by atoms with Crippen LogP contribution in [0.5, 0.6) is 0 Å². The average Bonchev–Trinajstić information content (AvgIpc) is 3.56. The van der Waals surface area contributed by atoms with E-state index in [4.69, 9.17) is 5.73 Å². The van der Waals surface area contributed by atoms with Crippen molar-refractivity contribution in [1.82, 2.24) is 30.4 Å². The van der Waals surface area contributed by atoms with Crippen LogP contribution >= 0.6 is 0 Å². The molecule has 4 rings (SSSR count). The first-order valence-corrected chi connectivity index (χ1v) is 17.1. The molecule has 0 radical (unpaired) electrons. The van der Waals surface area contributed by atoms with Crippen molar-refractivity contribution in [2.75, 3.05) is 18.4 Å². The van der Waals surface area contributed by atoms with E-state index in [-0.39, 0.29) is 23.6 Å². The molecule has 0 saturated carbocycles. The third-order valence-corrected chi connectivity index (χ3v) is 8.51. The maximum Gasteiger partial charge on any atom is 0.254 e. The van der Waals surface area contributed by atoms with Crippen LogP contribution in [-0.2, 0) is 34.0 Å². The van der Waals surface area contributed by atoms with Gasteiger partial charge in [-0.3, -0.25) is 19.2 Å². The third-order valence-electron chi connectivity index (χ3n) is 8.51. The number of hydrogen-bond donors (Lipinski definition) is 5. The van der Waals surface area contributed by atoms with Crippen molar-refractivity contribution in [3.05, 3.63) is 83.4 Å². The van der Waals surface area contributed by atoms with Gasteiger partial charge in [-0.25, -0.2) is 4.98 Å². The van der Waals surface area contributed by atoms with Crippen molar-refractivity contribution >= 4 is 29.3 Å². The summed E-state index contributed by atoms with van der Waals surface area (Å²) >= 11 is 0. The SMILES string of the molecule is CCC[C@H](NC(=O)[C@@H](N)CCC)C(=O)NCCCN1Cc2cc(C(=O)N(Cc3ccccc3)Cc3ncc[nH]3)ccc2N[C@@H](CC)C1=O. The Labute approximate surface area is 283 Å². The van der Waals surface area contributed by atoms with Crippen LogP contribution in [0.4, 0.5) is 5.69 Å². The van der Waals surface area contributed by atoms with Crippen LogP contribution in [0.3, 0.4) is 0 Å². The fraction of sp³-hybridized carbons (Fsp3) is 0.472. The predicted octanol–water partition coefficient (Wildman–Crippen LogP) is 3.70. The highest BCUT2D eigenvalue weighted by molar-refractivity contribution is 5.95. The Kier molecular flexibility index (Phi) is 13.5. The quantitative estimate of drug-likeness (QED) is 0.138. The van der Waals surface area contributed by atoms with Crippen LogP contribution in [0.1, 0.15) is 86.6 Å². The number of anilines is 1. The number of H-pyrrole nitrogens is 1. The molecule has 1 aliphatic heterocycles. The molecule has 48 heavy (non-hydrogen) atoms. The number of aromatic nitrogens is 2. The van der Waals surface area contributed by atoms with E-state index in [9.17, 15) is 19.2 Å². The second-order valence-electron chi connectivity index (χ2n) is 12.3. The van der Waals surface area contributed by atoms with Gasteiger partial charge in [-0.15, -0.1) is 0 Å². The topological polar surface area (TPSA) is 166 Å². The fourth-order valence-corrected chi connectivity index (χ4v) is 5.85. The number of benzene rings is 2. The molecule has 12 heteroatoms. The standard InChI is InChI=1S/C36H50N8O4/c1-4-11-28(37)33(45)42-31(12-5-2)34(46)40-17-10-20-43-23-27-21-26(15-16-30(27)41-29(6-3)36(43)48)35(47)44(24-32-38-18-19-39-32)22-25-13-8-7-9-14-25/h7-9,13-16,18-19,21,28-29,31,41H,4-6,10-12,17,20,22-24,37H2,1-3H3,(H,38,39)(H,40,46)(H,42,45)/t28-,29-,31-/m0/s1. The Morgan fingerprint density at radius 3 is 2.50 bits per heavy atom. The summed E-state index contributed by atoms with van der Waals surface area (Å²) in [6.45, 7) is 7.69. The number of nitrogens with zero attached hydrogens (tertiary/aromatic N) is 3. The lowest BCUT2D eigenvalue weighted by atomic mass is 10.1. The van der Waals surface area contributed by atoms with Gasteiger partial charge in [0, 0.05) is 49.8 Å². The number of hydrogen-bond acceptors (Lipinski definition) is 7. The van der Waals surface area contributed by atoms with Crippen molar-refractivity contribution < 1.29 is 19.2 Å². The van der Waals surface area contributed by atoms with Crippen molar-refractivity contribution in [1.29, 1.82) is 0 Å². The minimum Gasteiger partial charge on any atom is -0.373 e. The molecule has 0 unspecified atom stereocenters. The smallest absolute Gasteiger partial charge is 0.254 e. The van der Waals surface area contributed by atoms with Crippen LogP contribution in [0, 0.1) is 0 Å². The van der Waals surface area contributed by atoms with Crippen LogP contribution in [0.15, 0.2) is 60.9 Å². The molecule has 0 bridgehead atoms. The predicted molar refractivity (Wildman–Crippen MR) is 186 cm³/mol. The van der Waals surface area contributed by atoms with Crippen LogP contribution in [-0.4, -0.2) is 74.6 Å². The van der Waals surface area contributed by atoms with Gasteiger partial charge in [-0.05, 0) is 55.0 Å². The van der Waals surface area contributed by atoms with Crippen molar-refractivity contribution in [2.24, 2.45) is 5.73 Å². The van der Waals surface area contributed by atoms with Crippen molar-refractivity contribution in [3.63, 3.8) is 0 Å². The summed E-state index contributed by atoms with van der Waals surface area (Å²) in [7, 11) is 0. The zero-order valence-electron chi connectivity index (χ0n) is 28.3. The molecule has 2 aromatic carbocycles. The zero-order chi connectivity index (χ0) is 34.5. The lowest BCUT2D eigenvalue weighted by Gasteiger charge is -2.25. The molecular weight excluding hydrogens is 608 g/mol. The number of carbonyl (C=O) groups excluding carboxylic acids is 4. The maximum atomic E-state index is 13.9. The number of amides is 4. The molecule has 3 atom stereocenters. The lowest BCUT2D eigenvalue weighted by Crippen LogP contribution is -2.51. The van der Waals surface area contributed by atoms with Gasteiger partial charge in [0.15, 0.2) is 0 Å². The van der Waals surface area contributed by atoms with Crippen LogP contribution < -0.4 is 21.7 Å². The first kappa shape index (κ1) is 36.1. The summed E-state index contributed by atoms with van der Waals surface area (Å²) in [6.07, 6.45) is 7.10. The first-order valence-electron chi connectivity index (χ1n) is 17.1. The minimum atomic E-state index is -0.657. The van der Waals surface area contributed by atoms with Crippen molar-refractivity contribution in [3.8, 4) is 0 Å². The average molecular weight is 659 g/mol. The number of imidazole rings is 1. The summed E-state index contributed by atoms with van der Waals surface area (Å²) in [5, 5.41) is 9.10. The Hall–Kier alpha value is -4.71. The number of fused-ring (bicyclic) bond motifs is 1. The maximum absolute atomic E-state index is 13.9. The number of carbonyl (C=O) groups is 4. The van der Waals surface area contributed by atoms with Gasteiger partial charge in [0.05, 0.1) is 12.6 Å². The van der Waals surface area contributed by atoms with E-state index < -0.39 is 18.1 Å². The second-order valence-corrected chi connectivity index (χ2v) is 12.3. The molecular formula is C36H50N8O4. The Bertz CT molecular complexity index is 1500. The molecule has 4 amide bonds. The highest BCUT2D eigenvalue weighted by Gasteiger charge is 2.29. The molecule has 0 saturated heterocycles. The van der Waals surface area contributed by atoms with Gasteiger partial charge in [0.25, 0.3) is 5.91 Å².